The Morgan fingerprint density at radius 2 is 1.57 bits per heavy atom. The minimum absolute atomic E-state index is 0.0789. The number of urea groups is 2. The number of carbonyl (C=O) groups excluding carboxylic acids is 4. The number of amides is 6. The number of carboxylic acids is 1. The van der Waals surface area contributed by atoms with E-state index in [9.17, 15) is 29.1 Å². The predicted molar refractivity (Wildman–Crippen MR) is 200 cm³/mol. The minimum Gasteiger partial charge on any atom is -0.493 e. The first-order valence-corrected chi connectivity index (χ1v) is 18.0. The Bertz CT molecular complexity index is 1820. The van der Waals surface area contributed by atoms with Crippen LogP contribution in [0.15, 0.2) is 66.7 Å². The highest BCUT2D eigenvalue weighted by Crippen LogP contribution is 2.43. The molecule has 0 aromatic heterocycles. The van der Waals surface area contributed by atoms with Crippen LogP contribution in [0.2, 0.25) is 0 Å². The molecule has 1 unspecified atom stereocenters. The van der Waals surface area contributed by atoms with Gasteiger partial charge in [-0.2, -0.15) is 0 Å². The molecule has 6 amide bonds. The summed E-state index contributed by atoms with van der Waals surface area (Å²) in [4.78, 5) is 70.6. The third-order valence-corrected chi connectivity index (χ3v) is 10.0. The minimum atomic E-state index is -1.17. The van der Waals surface area contributed by atoms with Gasteiger partial charge in [-0.25, -0.2) is 14.5 Å². The van der Waals surface area contributed by atoms with Crippen molar-refractivity contribution < 1.29 is 38.6 Å². The number of nitrogens with zero attached hydrogens (tertiary/aromatic N) is 2. The summed E-state index contributed by atoms with van der Waals surface area (Å²) in [6.45, 7) is 5.84. The van der Waals surface area contributed by atoms with Crippen LogP contribution >= 0.6 is 0 Å². The smallest absolute Gasteiger partial charge is 0.328 e. The molecule has 2 aliphatic rings. The van der Waals surface area contributed by atoms with E-state index in [2.05, 4.69) is 16.0 Å². The summed E-state index contributed by atoms with van der Waals surface area (Å²) in [5, 5.41) is 18.3. The largest absolute Gasteiger partial charge is 0.493 e. The highest BCUT2D eigenvalue weighted by Gasteiger charge is 2.59. The van der Waals surface area contributed by atoms with E-state index in [0.29, 0.717) is 41.3 Å². The van der Waals surface area contributed by atoms with E-state index in [-0.39, 0.29) is 18.9 Å². The molecule has 1 heterocycles. The number of anilines is 2. The average Bonchev–Trinajstić information content (AvgIpc) is 3.32. The van der Waals surface area contributed by atoms with Gasteiger partial charge in [0.2, 0.25) is 5.91 Å². The summed E-state index contributed by atoms with van der Waals surface area (Å²) in [6.07, 6.45) is 3.12. The van der Waals surface area contributed by atoms with Gasteiger partial charge in [0.15, 0.2) is 11.5 Å². The SMILES string of the molecule is COc1ccc(C(CC(=O)O)NC(=O)[C@H](CC(C)C)N2C(=O)N(Cc3ccc(NC(=O)Nc4ccccc4C)cc3)C3(CCCCC3)C2=O)cc1OC. The van der Waals surface area contributed by atoms with E-state index in [1.54, 1.807) is 47.4 Å². The molecule has 1 spiro atoms. The monoisotopic (exact) mass is 727 g/mol. The van der Waals surface area contributed by atoms with Crippen LogP contribution in [0.5, 0.6) is 11.5 Å². The van der Waals surface area contributed by atoms with Crippen molar-refractivity contribution in [3.05, 3.63) is 83.4 Å². The third kappa shape index (κ3) is 8.73. The number of hydrogen-bond donors (Lipinski definition) is 4. The molecule has 2 atom stereocenters. The van der Waals surface area contributed by atoms with Gasteiger partial charge in [-0.05, 0) is 79.1 Å². The number of hydrogen-bond acceptors (Lipinski definition) is 7. The van der Waals surface area contributed by atoms with Crippen molar-refractivity contribution in [2.45, 2.75) is 89.9 Å². The second-order valence-electron chi connectivity index (χ2n) is 14.1. The fourth-order valence-electron chi connectivity index (χ4n) is 7.27. The lowest BCUT2D eigenvalue weighted by Crippen LogP contribution is -2.53. The fourth-order valence-corrected chi connectivity index (χ4v) is 7.27. The van der Waals surface area contributed by atoms with Crippen molar-refractivity contribution in [3.63, 3.8) is 0 Å². The molecule has 1 saturated heterocycles. The molecular weight excluding hydrogens is 678 g/mol. The predicted octanol–water partition coefficient (Wildman–Crippen LogP) is 6.87. The summed E-state index contributed by atoms with van der Waals surface area (Å²) in [6, 6.07) is 16.3. The van der Waals surface area contributed by atoms with Crippen LogP contribution in [0.1, 0.15) is 81.5 Å². The molecule has 3 aromatic carbocycles. The second-order valence-corrected chi connectivity index (χ2v) is 14.1. The third-order valence-electron chi connectivity index (χ3n) is 10.0. The zero-order chi connectivity index (χ0) is 38.3. The number of aryl methyl sites for hydroxylation is 1. The Hall–Kier alpha value is -5.59. The van der Waals surface area contributed by atoms with Crippen molar-refractivity contribution in [2.75, 3.05) is 24.9 Å². The van der Waals surface area contributed by atoms with E-state index in [1.807, 2.05) is 45.0 Å². The Labute approximate surface area is 310 Å². The Morgan fingerprint density at radius 3 is 2.19 bits per heavy atom. The van der Waals surface area contributed by atoms with E-state index in [4.69, 9.17) is 9.47 Å². The molecule has 0 radical (unpaired) electrons. The van der Waals surface area contributed by atoms with Gasteiger partial charge in [-0.15, -0.1) is 0 Å². The quantitative estimate of drug-likeness (QED) is 0.131. The zero-order valence-electron chi connectivity index (χ0n) is 30.9. The van der Waals surface area contributed by atoms with Crippen LogP contribution < -0.4 is 25.4 Å². The van der Waals surface area contributed by atoms with Crippen LogP contribution in [0.25, 0.3) is 0 Å². The number of carboxylic acid groups (broad SMARTS) is 1. The van der Waals surface area contributed by atoms with Gasteiger partial charge in [0, 0.05) is 17.9 Å². The first-order chi connectivity index (χ1) is 25.4. The molecule has 53 heavy (non-hydrogen) atoms. The van der Waals surface area contributed by atoms with E-state index in [1.165, 1.54) is 14.2 Å². The Morgan fingerprint density at radius 1 is 0.887 bits per heavy atom. The number of nitrogens with one attached hydrogen (secondary N) is 3. The Kier molecular flexibility index (Phi) is 12.3. The van der Waals surface area contributed by atoms with Gasteiger partial charge in [0.05, 0.1) is 26.7 Å². The number of rotatable bonds is 14. The summed E-state index contributed by atoms with van der Waals surface area (Å²) in [5.41, 5.74) is 2.29. The lowest BCUT2D eigenvalue weighted by molar-refractivity contribution is -0.142. The molecule has 3 aromatic rings. The molecule has 4 N–H and O–H groups in total. The van der Waals surface area contributed by atoms with E-state index in [0.717, 1.165) is 35.3 Å². The molecule has 1 aliphatic carbocycles. The van der Waals surface area contributed by atoms with E-state index < -0.39 is 53.9 Å². The van der Waals surface area contributed by atoms with Gasteiger partial charge in [-0.3, -0.25) is 14.4 Å². The standard InChI is InChI=1S/C40H49N5O8/c1-25(2)21-32(36(48)42-31(23-35(46)47)28-15-18-33(52-4)34(22-28)53-5)45-37(49)40(19-9-6-10-20-40)44(39(45)51)24-27-13-16-29(17-14-27)41-38(50)43-30-12-8-7-11-26(30)3/h7-8,11-18,22,25,31-32H,6,9-10,19-21,23-24H2,1-5H3,(H,42,48)(H,46,47)(H2,41,43,50)/t31?,32-/m0/s1. The van der Waals surface area contributed by atoms with Crippen LogP contribution in [0.4, 0.5) is 21.0 Å². The molecule has 0 bridgehead atoms. The molecule has 2 fully saturated rings. The second kappa shape index (κ2) is 16.8. The molecule has 5 rings (SSSR count). The first kappa shape index (κ1) is 38.6. The van der Waals surface area contributed by atoms with Crippen molar-refractivity contribution in [2.24, 2.45) is 5.92 Å². The topological polar surface area (TPSA) is 167 Å². The molecule has 13 nitrogen and oxygen atoms in total. The molecule has 282 valence electrons. The van der Waals surface area contributed by atoms with Crippen molar-refractivity contribution in [3.8, 4) is 11.5 Å². The number of methoxy groups -OCH3 is 2. The van der Waals surface area contributed by atoms with Crippen LogP contribution in [-0.2, 0) is 20.9 Å². The first-order valence-electron chi connectivity index (χ1n) is 18.0. The number of para-hydroxylation sites is 1. The van der Waals surface area contributed by atoms with Gasteiger partial charge in [-0.1, -0.05) is 69.5 Å². The number of imide groups is 1. The average molecular weight is 728 g/mol. The maximum absolute atomic E-state index is 14.6. The summed E-state index contributed by atoms with van der Waals surface area (Å²) in [7, 11) is 2.94. The highest BCUT2D eigenvalue weighted by atomic mass is 16.5. The summed E-state index contributed by atoms with van der Waals surface area (Å²) in [5.74, 6) is -1.44. The van der Waals surface area contributed by atoms with Gasteiger partial charge in [0.1, 0.15) is 11.6 Å². The summed E-state index contributed by atoms with van der Waals surface area (Å²) < 4.78 is 10.7. The number of benzene rings is 3. The van der Waals surface area contributed by atoms with Crippen LogP contribution in [-0.4, -0.2) is 70.6 Å². The molecule has 1 saturated carbocycles. The molecular formula is C40H49N5O8. The van der Waals surface area contributed by atoms with E-state index >= 15 is 0 Å². The zero-order valence-corrected chi connectivity index (χ0v) is 30.9. The van der Waals surface area contributed by atoms with Crippen molar-refractivity contribution >= 4 is 41.2 Å². The Balaban J connectivity index is 1.39. The normalized spacial score (nSPS) is 16.3. The lowest BCUT2D eigenvalue weighted by Gasteiger charge is -2.38. The van der Waals surface area contributed by atoms with Crippen LogP contribution in [0.3, 0.4) is 0 Å². The van der Waals surface area contributed by atoms with Gasteiger partial charge >= 0.3 is 18.0 Å². The van der Waals surface area contributed by atoms with Gasteiger partial charge in [0.25, 0.3) is 5.91 Å². The maximum atomic E-state index is 14.6. The van der Waals surface area contributed by atoms with Crippen molar-refractivity contribution in [1.82, 2.24) is 15.1 Å². The molecule has 1 aliphatic heterocycles. The van der Waals surface area contributed by atoms with Crippen molar-refractivity contribution in [1.29, 1.82) is 0 Å². The highest BCUT2D eigenvalue weighted by molar-refractivity contribution is 6.10. The number of aliphatic carboxylic acids is 1. The molecule has 13 heteroatoms. The fraction of sp³-hybridized carbons (Fsp3) is 0.425. The maximum Gasteiger partial charge on any atom is 0.328 e. The summed E-state index contributed by atoms with van der Waals surface area (Å²) >= 11 is 0. The lowest BCUT2D eigenvalue weighted by atomic mass is 9.80. The number of ether oxygens (including phenoxy) is 2. The van der Waals surface area contributed by atoms with Gasteiger partial charge < -0.3 is 35.4 Å². The number of carbonyl (C=O) groups is 5. The van der Waals surface area contributed by atoms with Crippen LogP contribution in [0, 0.1) is 12.8 Å².